The van der Waals surface area contributed by atoms with Gasteiger partial charge in [-0.05, 0) is 25.1 Å². The van der Waals surface area contributed by atoms with Crippen molar-refractivity contribution in [3.05, 3.63) is 39.9 Å². The third-order valence-corrected chi connectivity index (χ3v) is 2.46. The van der Waals surface area contributed by atoms with E-state index in [9.17, 15) is 4.79 Å². The van der Waals surface area contributed by atoms with Gasteiger partial charge >= 0.3 is 5.97 Å². The van der Waals surface area contributed by atoms with Gasteiger partial charge in [0.25, 0.3) is 6.29 Å². The van der Waals surface area contributed by atoms with E-state index in [-0.39, 0.29) is 5.97 Å². The zero-order valence-corrected chi connectivity index (χ0v) is 9.88. The first-order valence-corrected chi connectivity index (χ1v) is 5.32. The molecule has 0 amide bonds. The summed E-state index contributed by atoms with van der Waals surface area (Å²) < 4.78 is 10.3. The number of halogens is 2. The molecule has 0 fully saturated rings. The molecule has 0 N–H and O–H groups in total. The van der Waals surface area contributed by atoms with Crippen LogP contribution in [0.3, 0.4) is 0 Å². The number of rotatable bonds is 2. The van der Waals surface area contributed by atoms with Crippen LogP contribution in [0.2, 0.25) is 10.0 Å². The summed E-state index contributed by atoms with van der Waals surface area (Å²) in [7, 11) is 0. The number of ether oxygens (including phenoxy) is 2. The molecular formula is C11H8Cl2O3. The number of benzene rings is 1. The highest BCUT2D eigenvalue weighted by molar-refractivity contribution is 6.34. The number of carbonyl (C=O) groups is 1. The predicted octanol–water partition coefficient (Wildman–Crippen LogP) is 3.20. The Kier molecular flexibility index (Phi) is 3.08. The van der Waals surface area contributed by atoms with E-state index in [4.69, 9.17) is 32.7 Å². The van der Waals surface area contributed by atoms with Crippen molar-refractivity contribution in [2.45, 2.75) is 13.2 Å². The van der Waals surface area contributed by atoms with Crippen LogP contribution < -0.4 is 4.74 Å². The van der Waals surface area contributed by atoms with E-state index >= 15 is 0 Å². The van der Waals surface area contributed by atoms with Crippen LogP contribution >= 0.6 is 23.2 Å². The molecule has 0 saturated heterocycles. The van der Waals surface area contributed by atoms with Crippen molar-refractivity contribution in [2.75, 3.05) is 0 Å². The molecule has 1 atom stereocenters. The average molecular weight is 259 g/mol. The molecule has 1 aromatic carbocycles. The van der Waals surface area contributed by atoms with Crippen molar-refractivity contribution in [3.63, 3.8) is 0 Å². The summed E-state index contributed by atoms with van der Waals surface area (Å²) in [5.74, 6) is 0.0828. The zero-order chi connectivity index (χ0) is 11.7. The lowest BCUT2D eigenvalue weighted by Crippen LogP contribution is -2.15. The summed E-state index contributed by atoms with van der Waals surface area (Å²) in [6, 6.07) is 4.79. The highest BCUT2D eigenvalue weighted by Crippen LogP contribution is 2.26. The van der Waals surface area contributed by atoms with Gasteiger partial charge in [-0.2, -0.15) is 0 Å². The summed E-state index contributed by atoms with van der Waals surface area (Å²) >= 11 is 11.6. The number of hydrogen-bond donors (Lipinski definition) is 0. The first kappa shape index (κ1) is 11.3. The molecule has 0 spiro atoms. The number of cyclic esters (lactones) is 1. The van der Waals surface area contributed by atoms with Gasteiger partial charge in [0.1, 0.15) is 5.75 Å². The maximum Gasteiger partial charge on any atom is 0.336 e. The van der Waals surface area contributed by atoms with Crippen LogP contribution in [0.1, 0.15) is 6.92 Å². The second-order valence-electron chi connectivity index (χ2n) is 3.35. The van der Waals surface area contributed by atoms with Gasteiger partial charge in [0.15, 0.2) is 0 Å². The van der Waals surface area contributed by atoms with Crippen molar-refractivity contribution in [2.24, 2.45) is 0 Å². The molecule has 0 bridgehead atoms. The van der Waals surface area contributed by atoms with Crippen molar-refractivity contribution in [1.82, 2.24) is 0 Å². The molecule has 0 saturated carbocycles. The molecule has 2 rings (SSSR count). The fraction of sp³-hybridized carbons (Fsp3) is 0.182. The minimum Gasteiger partial charge on any atom is -0.451 e. The Morgan fingerprint density at radius 3 is 2.38 bits per heavy atom. The predicted molar refractivity (Wildman–Crippen MR) is 60.7 cm³/mol. The fourth-order valence-corrected chi connectivity index (χ4v) is 1.80. The molecule has 1 unspecified atom stereocenters. The number of esters is 1. The van der Waals surface area contributed by atoms with Gasteiger partial charge in [-0.1, -0.05) is 23.2 Å². The fourth-order valence-electron chi connectivity index (χ4n) is 1.29. The maximum atomic E-state index is 11.1. The van der Waals surface area contributed by atoms with E-state index in [0.717, 1.165) is 0 Å². The third kappa shape index (κ3) is 2.49. The van der Waals surface area contributed by atoms with Crippen LogP contribution in [0, 0.1) is 0 Å². The van der Waals surface area contributed by atoms with Gasteiger partial charge in [0, 0.05) is 21.7 Å². The second kappa shape index (κ2) is 4.36. The average Bonchev–Trinajstić information content (AvgIpc) is 2.43. The van der Waals surface area contributed by atoms with E-state index in [1.54, 1.807) is 31.2 Å². The molecular weight excluding hydrogens is 251 g/mol. The SMILES string of the molecule is CC1=CC(Oc2cc(Cl)cc(Cl)c2)OC1=O. The van der Waals surface area contributed by atoms with Gasteiger partial charge in [-0.25, -0.2) is 4.79 Å². The Bertz CT molecular complexity index is 448. The minimum atomic E-state index is -0.706. The Morgan fingerprint density at radius 1 is 1.25 bits per heavy atom. The number of carbonyl (C=O) groups excluding carboxylic acids is 1. The topological polar surface area (TPSA) is 35.5 Å². The molecule has 1 aliphatic rings. The first-order chi connectivity index (χ1) is 7.54. The molecule has 0 aliphatic carbocycles. The van der Waals surface area contributed by atoms with Gasteiger partial charge in [-0.15, -0.1) is 0 Å². The van der Waals surface area contributed by atoms with E-state index < -0.39 is 6.29 Å². The highest BCUT2D eigenvalue weighted by atomic mass is 35.5. The molecule has 3 nitrogen and oxygen atoms in total. The molecule has 1 aromatic rings. The van der Waals surface area contributed by atoms with Crippen molar-refractivity contribution in [3.8, 4) is 5.75 Å². The Balaban J connectivity index is 2.13. The lowest BCUT2D eigenvalue weighted by Gasteiger charge is -2.11. The lowest BCUT2D eigenvalue weighted by atomic mass is 10.3. The van der Waals surface area contributed by atoms with Gasteiger partial charge in [-0.3, -0.25) is 0 Å². The summed E-state index contributed by atoms with van der Waals surface area (Å²) in [6.45, 7) is 1.66. The van der Waals surface area contributed by atoms with Gasteiger partial charge in [0.05, 0.1) is 0 Å². The van der Waals surface area contributed by atoms with Crippen LogP contribution in [0.25, 0.3) is 0 Å². The molecule has 1 aliphatic heterocycles. The van der Waals surface area contributed by atoms with E-state index in [1.165, 1.54) is 0 Å². The monoisotopic (exact) mass is 258 g/mol. The van der Waals surface area contributed by atoms with E-state index in [2.05, 4.69) is 0 Å². The highest BCUT2D eigenvalue weighted by Gasteiger charge is 2.23. The largest absolute Gasteiger partial charge is 0.451 e. The maximum absolute atomic E-state index is 11.1. The van der Waals surface area contributed by atoms with Crippen LogP contribution in [-0.2, 0) is 9.53 Å². The lowest BCUT2D eigenvalue weighted by molar-refractivity contribution is -0.148. The summed E-state index contributed by atoms with van der Waals surface area (Å²) in [5, 5.41) is 0.931. The third-order valence-electron chi connectivity index (χ3n) is 2.02. The van der Waals surface area contributed by atoms with E-state index in [0.29, 0.717) is 21.4 Å². The molecule has 0 aromatic heterocycles. The summed E-state index contributed by atoms with van der Waals surface area (Å²) in [4.78, 5) is 11.1. The van der Waals surface area contributed by atoms with E-state index in [1.807, 2.05) is 0 Å². The first-order valence-electron chi connectivity index (χ1n) is 4.57. The van der Waals surface area contributed by atoms with Crippen LogP contribution in [0.4, 0.5) is 0 Å². The standard InChI is InChI=1S/C11H8Cl2O3/c1-6-2-10(16-11(6)14)15-9-4-7(12)3-8(13)5-9/h2-5,10H,1H3. The smallest absolute Gasteiger partial charge is 0.336 e. The Morgan fingerprint density at radius 2 is 1.88 bits per heavy atom. The molecule has 16 heavy (non-hydrogen) atoms. The van der Waals surface area contributed by atoms with Crippen LogP contribution in [0.15, 0.2) is 29.8 Å². The second-order valence-corrected chi connectivity index (χ2v) is 4.22. The minimum absolute atomic E-state index is 0.377. The van der Waals surface area contributed by atoms with Gasteiger partial charge < -0.3 is 9.47 Å². The normalized spacial score (nSPS) is 19.3. The van der Waals surface area contributed by atoms with Crippen molar-refractivity contribution < 1.29 is 14.3 Å². The molecule has 84 valence electrons. The van der Waals surface area contributed by atoms with Crippen LogP contribution in [0.5, 0.6) is 5.75 Å². The number of hydrogen-bond acceptors (Lipinski definition) is 3. The van der Waals surface area contributed by atoms with Gasteiger partial charge in [0.2, 0.25) is 0 Å². The summed E-state index contributed by atoms with van der Waals surface area (Å²) in [5.41, 5.74) is 0.526. The quantitative estimate of drug-likeness (QED) is 0.765. The van der Waals surface area contributed by atoms with Crippen molar-refractivity contribution in [1.29, 1.82) is 0 Å². The molecule has 0 radical (unpaired) electrons. The Hall–Kier alpha value is -1.19. The molecule has 1 heterocycles. The van der Waals surface area contributed by atoms with Crippen molar-refractivity contribution >= 4 is 29.2 Å². The molecule has 5 heteroatoms. The zero-order valence-electron chi connectivity index (χ0n) is 8.37. The Labute approximate surface area is 103 Å². The van der Waals surface area contributed by atoms with Crippen LogP contribution in [-0.4, -0.2) is 12.3 Å². The summed E-state index contributed by atoms with van der Waals surface area (Å²) in [6.07, 6.45) is 0.888.